The Morgan fingerprint density at radius 3 is 3.12 bits per heavy atom. The van der Waals surface area contributed by atoms with Gasteiger partial charge in [0.05, 0.1) is 12.1 Å². The van der Waals surface area contributed by atoms with Gasteiger partial charge in [-0.1, -0.05) is 23.7 Å². The number of rotatable bonds is 3. The summed E-state index contributed by atoms with van der Waals surface area (Å²) in [6.07, 6.45) is 0. The minimum absolute atomic E-state index is 0.0198. The highest BCUT2D eigenvalue weighted by Crippen LogP contribution is 2.18. The van der Waals surface area contributed by atoms with E-state index >= 15 is 0 Å². The van der Waals surface area contributed by atoms with Gasteiger partial charge in [-0.15, -0.1) is 11.8 Å². The first-order chi connectivity index (χ1) is 8.16. The van der Waals surface area contributed by atoms with Gasteiger partial charge in [0.15, 0.2) is 0 Å². The zero-order valence-electron chi connectivity index (χ0n) is 9.57. The summed E-state index contributed by atoms with van der Waals surface area (Å²) in [7, 11) is 0. The summed E-state index contributed by atoms with van der Waals surface area (Å²) in [5, 5.41) is 6.83. The first-order valence-electron chi connectivity index (χ1n) is 5.54. The van der Waals surface area contributed by atoms with Crippen LogP contribution in [-0.2, 0) is 4.79 Å². The zero-order chi connectivity index (χ0) is 12.3. The summed E-state index contributed by atoms with van der Waals surface area (Å²) in [4.78, 5) is 11.9. The van der Waals surface area contributed by atoms with E-state index in [-0.39, 0.29) is 18.0 Å². The molecule has 2 unspecified atom stereocenters. The molecule has 92 valence electrons. The van der Waals surface area contributed by atoms with Crippen LogP contribution in [0.1, 0.15) is 18.5 Å². The number of amides is 1. The Morgan fingerprint density at radius 2 is 2.47 bits per heavy atom. The molecule has 1 aromatic carbocycles. The lowest BCUT2D eigenvalue weighted by atomic mass is 10.1. The van der Waals surface area contributed by atoms with Crippen molar-refractivity contribution in [3.63, 3.8) is 0 Å². The van der Waals surface area contributed by atoms with Crippen molar-refractivity contribution in [2.75, 3.05) is 11.6 Å². The fourth-order valence-corrected chi connectivity index (χ4v) is 2.88. The molecular weight excluding hydrogens is 256 g/mol. The van der Waals surface area contributed by atoms with Crippen LogP contribution in [0.4, 0.5) is 0 Å². The van der Waals surface area contributed by atoms with Gasteiger partial charge in [0, 0.05) is 16.7 Å². The molecule has 0 spiro atoms. The number of hydrogen-bond acceptors (Lipinski definition) is 3. The molecule has 1 aliphatic rings. The summed E-state index contributed by atoms with van der Waals surface area (Å²) in [6.45, 7) is 1.96. The smallest absolute Gasteiger partial charge is 0.238 e. The van der Waals surface area contributed by atoms with Gasteiger partial charge in [-0.25, -0.2) is 0 Å². The predicted octanol–water partition coefficient (Wildman–Crippen LogP) is 2.18. The lowest BCUT2D eigenvalue weighted by Crippen LogP contribution is -2.42. The summed E-state index contributed by atoms with van der Waals surface area (Å²) < 4.78 is 0. The first kappa shape index (κ1) is 12.7. The van der Waals surface area contributed by atoms with Gasteiger partial charge < -0.3 is 5.32 Å². The van der Waals surface area contributed by atoms with Crippen molar-refractivity contribution >= 4 is 29.3 Å². The molecule has 0 aliphatic carbocycles. The molecule has 0 saturated carbocycles. The molecule has 1 saturated heterocycles. The molecule has 2 rings (SSSR count). The SMILES string of the molecule is CC(NC(=O)C1CSCN1)c1cccc(Cl)c1. The molecule has 2 N–H and O–H groups in total. The quantitative estimate of drug-likeness (QED) is 0.885. The van der Waals surface area contributed by atoms with Gasteiger partial charge in [0.25, 0.3) is 0 Å². The first-order valence-corrected chi connectivity index (χ1v) is 7.07. The molecule has 3 nitrogen and oxygen atoms in total. The third kappa shape index (κ3) is 3.37. The average molecular weight is 271 g/mol. The lowest BCUT2D eigenvalue weighted by Gasteiger charge is -2.17. The molecule has 17 heavy (non-hydrogen) atoms. The highest BCUT2D eigenvalue weighted by atomic mass is 35.5. The van der Waals surface area contributed by atoms with Crippen LogP contribution >= 0.6 is 23.4 Å². The van der Waals surface area contributed by atoms with Gasteiger partial charge >= 0.3 is 0 Å². The summed E-state index contributed by atoms with van der Waals surface area (Å²) in [5.74, 6) is 1.75. The number of hydrogen-bond donors (Lipinski definition) is 2. The van der Waals surface area contributed by atoms with Gasteiger partial charge in [-0.2, -0.15) is 0 Å². The molecular formula is C12H15ClN2OS. The maximum Gasteiger partial charge on any atom is 0.238 e. The van der Waals surface area contributed by atoms with E-state index in [0.717, 1.165) is 17.2 Å². The van der Waals surface area contributed by atoms with Crippen molar-refractivity contribution in [1.82, 2.24) is 10.6 Å². The minimum Gasteiger partial charge on any atom is -0.348 e. The average Bonchev–Trinajstić information content (AvgIpc) is 2.82. The molecule has 1 aromatic rings. The summed E-state index contributed by atoms with van der Waals surface area (Å²) in [5.41, 5.74) is 1.02. The second kappa shape index (κ2) is 5.76. The molecule has 5 heteroatoms. The monoisotopic (exact) mass is 270 g/mol. The van der Waals surface area contributed by atoms with E-state index in [9.17, 15) is 4.79 Å². The second-order valence-electron chi connectivity index (χ2n) is 4.06. The second-order valence-corrected chi connectivity index (χ2v) is 5.52. The highest BCUT2D eigenvalue weighted by Gasteiger charge is 2.23. The number of thioether (sulfide) groups is 1. The molecule has 1 heterocycles. The number of carbonyl (C=O) groups is 1. The van der Waals surface area contributed by atoms with Gasteiger partial charge in [-0.3, -0.25) is 10.1 Å². The van der Waals surface area contributed by atoms with Crippen molar-refractivity contribution in [1.29, 1.82) is 0 Å². The van der Waals surface area contributed by atoms with Crippen LogP contribution in [0.5, 0.6) is 0 Å². The molecule has 1 aliphatic heterocycles. The molecule has 0 radical (unpaired) electrons. The van der Waals surface area contributed by atoms with Crippen LogP contribution in [0.3, 0.4) is 0 Å². The van der Waals surface area contributed by atoms with E-state index in [1.807, 2.05) is 31.2 Å². The van der Waals surface area contributed by atoms with Crippen LogP contribution in [0, 0.1) is 0 Å². The van der Waals surface area contributed by atoms with Crippen LogP contribution in [-0.4, -0.2) is 23.6 Å². The van der Waals surface area contributed by atoms with Gasteiger partial charge in [0.1, 0.15) is 0 Å². The number of carbonyl (C=O) groups excluding carboxylic acids is 1. The van der Waals surface area contributed by atoms with E-state index in [1.165, 1.54) is 0 Å². The molecule has 2 atom stereocenters. The molecule has 0 aromatic heterocycles. The molecule has 0 bridgehead atoms. The normalized spacial score (nSPS) is 21.2. The standard InChI is InChI=1S/C12H15ClN2OS/c1-8(9-3-2-4-10(13)5-9)15-12(16)11-6-17-7-14-11/h2-5,8,11,14H,6-7H2,1H3,(H,15,16). The summed E-state index contributed by atoms with van der Waals surface area (Å²) in [6, 6.07) is 7.48. The lowest BCUT2D eigenvalue weighted by molar-refractivity contribution is -0.123. The molecule has 1 fully saturated rings. The van der Waals surface area contributed by atoms with Crippen molar-refractivity contribution in [2.45, 2.75) is 19.0 Å². The number of halogens is 1. The van der Waals surface area contributed by atoms with E-state index in [1.54, 1.807) is 11.8 Å². The van der Waals surface area contributed by atoms with Gasteiger partial charge in [0.2, 0.25) is 5.91 Å². The predicted molar refractivity (Wildman–Crippen MR) is 72.3 cm³/mol. The zero-order valence-corrected chi connectivity index (χ0v) is 11.1. The van der Waals surface area contributed by atoms with Crippen molar-refractivity contribution in [3.05, 3.63) is 34.9 Å². The van der Waals surface area contributed by atoms with E-state index in [4.69, 9.17) is 11.6 Å². The van der Waals surface area contributed by atoms with Crippen LogP contribution in [0.2, 0.25) is 5.02 Å². The van der Waals surface area contributed by atoms with E-state index < -0.39 is 0 Å². The van der Waals surface area contributed by atoms with E-state index in [0.29, 0.717) is 5.02 Å². The topological polar surface area (TPSA) is 41.1 Å². The number of nitrogens with one attached hydrogen (secondary N) is 2. The maximum atomic E-state index is 11.9. The largest absolute Gasteiger partial charge is 0.348 e. The Labute approximate surface area is 110 Å². The third-order valence-corrected chi connectivity index (χ3v) is 3.92. The Bertz CT molecular complexity index is 407. The summed E-state index contributed by atoms with van der Waals surface area (Å²) >= 11 is 7.67. The van der Waals surface area contributed by atoms with Crippen LogP contribution < -0.4 is 10.6 Å². The van der Waals surface area contributed by atoms with Crippen LogP contribution in [0.25, 0.3) is 0 Å². The van der Waals surface area contributed by atoms with Crippen molar-refractivity contribution in [3.8, 4) is 0 Å². The van der Waals surface area contributed by atoms with E-state index in [2.05, 4.69) is 10.6 Å². The van der Waals surface area contributed by atoms with Crippen molar-refractivity contribution in [2.24, 2.45) is 0 Å². The highest BCUT2D eigenvalue weighted by molar-refractivity contribution is 7.99. The Morgan fingerprint density at radius 1 is 1.65 bits per heavy atom. The van der Waals surface area contributed by atoms with Crippen LogP contribution in [0.15, 0.2) is 24.3 Å². The fourth-order valence-electron chi connectivity index (χ4n) is 1.74. The van der Waals surface area contributed by atoms with Crippen molar-refractivity contribution < 1.29 is 4.79 Å². The molecule has 1 amide bonds. The minimum atomic E-state index is -0.0679. The Kier molecular flexibility index (Phi) is 4.31. The Hall–Kier alpha value is -0.710. The third-order valence-electron chi connectivity index (χ3n) is 2.74. The maximum absolute atomic E-state index is 11.9. The number of benzene rings is 1. The van der Waals surface area contributed by atoms with Gasteiger partial charge in [-0.05, 0) is 24.6 Å². The Balaban J connectivity index is 1.96. The fraction of sp³-hybridized carbons (Fsp3) is 0.417.